The lowest BCUT2D eigenvalue weighted by Crippen LogP contribution is -2.48. The number of nitrogens with one attached hydrogen (secondary N) is 1. The summed E-state index contributed by atoms with van der Waals surface area (Å²) in [6.07, 6.45) is 4.72. The summed E-state index contributed by atoms with van der Waals surface area (Å²) in [6, 6.07) is 1.90. The Morgan fingerprint density at radius 3 is 2.58 bits per heavy atom. The van der Waals surface area contributed by atoms with Crippen LogP contribution in [-0.2, 0) is 11.3 Å². The normalized spacial score (nSPS) is 11.1. The highest BCUT2D eigenvalue weighted by atomic mass is 32.1. The van der Waals surface area contributed by atoms with Crippen molar-refractivity contribution in [2.45, 2.75) is 40.2 Å². The second kappa shape index (κ2) is 6.61. The lowest BCUT2D eigenvalue weighted by Gasteiger charge is -2.29. The molecule has 0 aliphatic carbocycles. The fourth-order valence-corrected chi connectivity index (χ4v) is 2.46. The number of carbonyl (C=O) groups is 1. The van der Waals surface area contributed by atoms with Gasteiger partial charge in [0, 0.05) is 18.9 Å². The van der Waals surface area contributed by atoms with E-state index in [4.69, 9.17) is 18.0 Å². The highest BCUT2D eigenvalue weighted by Gasteiger charge is 2.37. The first kappa shape index (κ1) is 15.6. The molecule has 1 aromatic heterocycles. The SMILES string of the molecule is CCC(CC)(C(=O)NCc1ccncc1C)C(N)=S. The lowest BCUT2D eigenvalue weighted by molar-refractivity contribution is -0.128. The Bertz CT molecular complexity index is 470. The molecular weight excluding hydrogens is 258 g/mol. The minimum absolute atomic E-state index is 0.0961. The molecule has 1 heterocycles. The molecule has 0 saturated heterocycles. The summed E-state index contributed by atoms with van der Waals surface area (Å²) in [5.74, 6) is -0.0961. The van der Waals surface area contributed by atoms with E-state index in [0.29, 0.717) is 19.4 Å². The number of rotatable bonds is 6. The molecule has 1 amide bonds. The molecule has 0 spiro atoms. The number of pyridine rings is 1. The molecular formula is C14H21N3OS. The molecule has 0 fully saturated rings. The van der Waals surface area contributed by atoms with Crippen LogP contribution in [0, 0.1) is 12.3 Å². The van der Waals surface area contributed by atoms with Crippen molar-refractivity contribution in [1.29, 1.82) is 0 Å². The molecule has 4 nitrogen and oxygen atoms in total. The van der Waals surface area contributed by atoms with Gasteiger partial charge >= 0.3 is 0 Å². The molecule has 0 aliphatic heterocycles. The first-order valence-corrected chi connectivity index (χ1v) is 6.86. The third-order valence-electron chi connectivity index (χ3n) is 3.69. The largest absolute Gasteiger partial charge is 0.392 e. The number of carbonyl (C=O) groups excluding carboxylic acids is 1. The molecule has 0 aliphatic rings. The maximum Gasteiger partial charge on any atom is 0.233 e. The summed E-state index contributed by atoms with van der Waals surface area (Å²) in [5, 5.41) is 2.93. The van der Waals surface area contributed by atoms with Crippen LogP contribution >= 0.6 is 12.2 Å². The van der Waals surface area contributed by atoms with E-state index in [1.807, 2.05) is 26.8 Å². The Kier molecular flexibility index (Phi) is 5.42. The van der Waals surface area contributed by atoms with Crippen molar-refractivity contribution in [1.82, 2.24) is 10.3 Å². The predicted molar refractivity (Wildman–Crippen MR) is 80.6 cm³/mol. The van der Waals surface area contributed by atoms with Crippen LogP contribution in [0.2, 0.25) is 0 Å². The van der Waals surface area contributed by atoms with E-state index in [2.05, 4.69) is 10.3 Å². The fourth-order valence-electron chi connectivity index (χ4n) is 2.08. The molecule has 0 unspecified atom stereocenters. The Morgan fingerprint density at radius 1 is 1.47 bits per heavy atom. The van der Waals surface area contributed by atoms with Crippen molar-refractivity contribution in [2.75, 3.05) is 0 Å². The van der Waals surface area contributed by atoms with Gasteiger partial charge in [-0.1, -0.05) is 26.1 Å². The zero-order valence-electron chi connectivity index (χ0n) is 11.7. The number of aromatic nitrogens is 1. The molecule has 1 rings (SSSR count). The highest BCUT2D eigenvalue weighted by molar-refractivity contribution is 7.80. The average Bonchev–Trinajstić information content (AvgIpc) is 2.39. The molecule has 3 N–H and O–H groups in total. The van der Waals surface area contributed by atoms with E-state index in [0.717, 1.165) is 11.1 Å². The summed E-state index contributed by atoms with van der Waals surface area (Å²) in [6.45, 7) is 6.30. The minimum Gasteiger partial charge on any atom is -0.392 e. The number of hydrogen-bond acceptors (Lipinski definition) is 3. The van der Waals surface area contributed by atoms with Gasteiger partial charge in [-0.2, -0.15) is 0 Å². The van der Waals surface area contributed by atoms with Crippen LogP contribution in [0.1, 0.15) is 37.8 Å². The van der Waals surface area contributed by atoms with E-state index in [1.54, 1.807) is 12.4 Å². The third kappa shape index (κ3) is 3.29. The van der Waals surface area contributed by atoms with Gasteiger partial charge in [-0.25, -0.2) is 0 Å². The van der Waals surface area contributed by atoms with Gasteiger partial charge in [-0.3, -0.25) is 9.78 Å². The number of aryl methyl sites for hydroxylation is 1. The second-order valence-electron chi connectivity index (χ2n) is 4.64. The van der Waals surface area contributed by atoms with Crippen LogP contribution in [0.25, 0.3) is 0 Å². The zero-order valence-corrected chi connectivity index (χ0v) is 12.5. The van der Waals surface area contributed by atoms with Crippen LogP contribution in [0.3, 0.4) is 0 Å². The molecule has 19 heavy (non-hydrogen) atoms. The maximum absolute atomic E-state index is 12.4. The van der Waals surface area contributed by atoms with Gasteiger partial charge in [-0.15, -0.1) is 0 Å². The summed E-state index contributed by atoms with van der Waals surface area (Å²) < 4.78 is 0. The van der Waals surface area contributed by atoms with Gasteiger partial charge < -0.3 is 11.1 Å². The van der Waals surface area contributed by atoms with Crippen molar-refractivity contribution in [2.24, 2.45) is 11.1 Å². The monoisotopic (exact) mass is 279 g/mol. The third-order valence-corrected chi connectivity index (χ3v) is 4.08. The van der Waals surface area contributed by atoms with Crippen LogP contribution < -0.4 is 11.1 Å². The summed E-state index contributed by atoms with van der Waals surface area (Å²) in [4.78, 5) is 16.7. The summed E-state index contributed by atoms with van der Waals surface area (Å²) in [7, 11) is 0. The molecule has 0 aromatic carbocycles. The van der Waals surface area contributed by atoms with Gasteiger partial charge in [0.05, 0.1) is 10.4 Å². The Labute approximate surface area is 119 Å². The summed E-state index contributed by atoms with van der Waals surface area (Å²) in [5.41, 5.74) is 7.11. The van der Waals surface area contributed by atoms with E-state index in [-0.39, 0.29) is 10.9 Å². The number of hydrogen-bond donors (Lipinski definition) is 2. The number of thiocarbonyl (C=S) groups is 1. The van der Waals surface area contributed by atoms with Crippen molar-refractivity contribution in [3.8, 4) is 0 Å². The van der Waals surface area contributed by atoms with Crippen LogP contribution in [0.15, 0.2) is 18.5 Å². The van der Waals surface area contributed by atoms with Crippen LogP contribution in [0.5, 0.6) is 0 Å². The van der Waals surface area contributed by atoms with Gasteiger partial charge in [0.2, 0.25) is 5.91 Å². The number of nitrogens with zero attached hydrogens (tertiary/aromatic N) is 1. The molecule has 104 valence electrons. The minimum atomic E-state index is -0.740. The smallest absolute Gasteiger partial charge is 0.233 e. The average molecular weight is 279 g/mol. The van der Waals surface area contributed by atoms with Crippen LogP contribution in [0.4, 0.5) is 0 Å². The fraction of sp³-hybridized carbons (Fsp3) is 0.500. The van der Waals surface area contributed by atoms with Gasteiger partial charge in [0.15, 0.2) is 0 Å². The standard InChI is InChI=1S/C14H21N3OS/c1-4-14(5-2,12(15)19)13(18)17-9-11-6-7-16-8-10(11)3/h6-8H,4-5,9H2,1-3H3,(H2,15,19)(H,17,18). The van der Waals surface area contributed by atoms with E-state index < -0.39 is 5.41 Å². The van der Waals surface area contributed by atoms with Crippen molar-refractivity contribution < 1.29 is 4.79 Å². The molecule has 0 atom stereocenters. The molecule has 1 aromatic rings. The number of amides is 1. The first-order valence-electron chi connectivity index (χ1n) is 6.45. The quantitative estimate of drug-likeness (QED) is 0.783. The van der Waals surface area contributed by atoms with Crippen molar-refractivity contribution in [3.05, 3.63) is 29.6 Å². The van der Waals surface area contributed by atoms with Crippen LogP contribution in [-0.4, -0.2) is 15.9 Å². The Balaban J connectivity index is 2.79. The van der Waals surface area contributed by atoms with Gasteiger partial charge in [-0.05, 0) is 37.0 Å². The van der Waals surface area contributed by atoms with Crippen molar-refractivity contribution in [3.63, 3.8) is 0 Å². The predicted octanol–water partition coefficient (Wildman–Crippen LogP) is 2.10. The Hall–Kier alpha value is -1.49. The molecule has 0 saturated carbocycles. The van der Waals surface area contributed by atoms with E-state index in [9.17, 15) is 4.79 Å². The maximum atomic E-state index is 12.4. The van der Waals surface area contributed by atoms with Gasteiger partial charge in [0.25, 0.3) is 0 Å². The molecule has 0 bridgehead atoms. The molecule has 0 radical (unpaired) electrons. The topological polar surface area (TPSA) is 68.0 Å². The zero-order chi connectivity index (χ0) is 14.5. The Morgan fingerprint density at radius 2 is 2.11 bits per heavy atom. The summed E-state index contributed by atoms with van der Waals surface area (Å²) >= 11 is 5.07. The molecule has 5 heteroatoms. The first-order chi connectivity index (χ1) is 8.97. The number of nitrogens with two attached hydrogens (primary N) is 1. The second-order valence-corrected chi connectivity index (χ2v) is 5.08. The van der Waals surface area contributed by atoms with E-state index >= 15 is 0 Å². The van der Waals surface area contributed by atoms with Gasteiger partial charge in [0.1, 0.15) is 0 Å². The lowest BCUT2D eigenvalue weighted by atomic mass is 9.81. The van der Waals surface area contributed by atoms with Crippen molar-refractivity contribution >= 4 is 23.1 Å². The highest BCUT2D eigenvalue weighted by Crippen LogP contribution is 2.27. The van der Waals surface area contributed by atoms with E-state index in [1.165, 1.54) is 0 Å².